The molecule has 0 aliphatic carbocycles. The van der Waals surface area contributed by atoms with Gasteiger partial charge in [0.2, 0.25) is 5.88 Å². The lowest BCUT2D eigenvalue weighted by atomic mass is 10.3. The van der Waals surface area contributed by atoms with E-state index < -0.39 is 0 Å². The molecule has 0 saturated heterocycles. The van der Waals surface area contributed by atoms with Crippen molar-refractivity contribution in [3.63, 3.8) is 0 Å². The van der Waals surface area contributed by atoms with Crippen LogP contribution in [0.1, 0.15) is 18.4 Å². The predicted molar refractivity (Wildman–Crippen MR) is 97.4 cm³/mol. The van der Waals surface area contributed by atoms with Crippen molar-refractivity contribution in [2.75, 3.05) is 45.9 Å². The van der Waals surface area contributed by atoms with E-state index in [2.05, 4.69) is 26.9 Å². The van der Waals surface area contributed by atoms with Gasteiger partial charge in [0.1, 0.15) is 6.61 Å². The van der Waals surface area contributed by atoms with Crippen LogP contribution in [0.4, 0.5) is 0 Å². The summed E-state index contributed by atoms with van der Waals surface area (Å²) >= 11 is 1.88. The van der Waals surface area contributed by atoms with Crippen molar-refractivity contribution in [1.82, 2.24) is 15.6 Å². The molecule has 2 N–H and O–H groups in total. The zero-order valence-electron chi connectivity index (χ0n) is 14.3. The molecule has 0 unspecified atom stereocenters. The summed E-state index contributed by atoms with van der Waals surface area (Å²) in [6.45, 7) is 2.68. The number of guanidine groups is 1. The Labute approximate surface area is 143 Å². The number of thioether (sulfide) groups is 1. The number of pyridine rings is 1. The lowest BCUT2D eigenvalue weighted by molar-refractivity contribution is 0.143. The van der Waals surface area contributed by atoms with Crippen molar-refractivity contribution >= 4 is 17.7 Å². The van der Waals surface area contributed by atoms with Gasteiger partial charge in [0.05, 0.1) is 6.61 Å². The lowest BCUT2D eigenvalue weighted by Crippen LogP contribution is -2.37. The number of nitrogens with zero attached hydrogens (tertiary/aromatic N) is 2. The van der Waals surface area contributed by atoms with Crippen LogP contribution in [-0.4, -0.2) is 56.9 Å². The molecule has 7 heteroatoms. The Bertz CT molecular complexity index is 440. The van der Waals surface area contributed by atoms with E-state index in [0.29, 0.717) is 25.6 Å². The van der Waals surface area contributed by atoms with Crippen molar-refractivity contribution < 1.29 is 9.47 Å². The summed E-state index contributed by atoms with van der Waals surface area (Å²) in [6.07, 6.45) is 6.31. The molecule has 1 rings (SSSR count). The number of rotatable bonds is 11. The molecule has 6 nitrogen and oxygen atoms in total. The monoisotopic (exact) mass is 340 g/mol. The fourth-order valence-corrected chi connectivity index (χ4v) is 2.31. The minimum absolute atomic E-state index is 0.508. The molecule has 0 atom stereocenters. The molecular formula is C16H28N4O2S. The molecule has 0 radical (unpaired) electrons. The van der Waals surface area contributed by atoms with Gasteiger partial charge >= 0.3 is 0 Å². The van der Waals surface area contributed by atoms with Crippen LogP contribution in [0.3, 0.4) is 0 Å². The molecule has 0 bridgehead atoms. The first-order valence-electron chi connectivity index (χ1n) is 7.80. The molecule has 0 amide bonds. The van der Waals surface area contributed by atoms with Gasteiger partial charge in [0.25, 0.3) is 0 Å². The van der Waals surface area contributed by atoms with Crippen LogP contribution in [0, 0.1) is 0 Å². The fourth-order valence-electron chi connectivity index (χ4n) is 1.82. The smallest absolute Gasteiger partial charge is 0.213 e. The summed E-state index contributed by atoms with van der Waals surface area (Å²) in [5, 5.41) is 6.60. The number of methoxy groups -OCH3 is 1. The Morgan fingerprint density at radius 3 is 2.78 bits per heavy atom. The zero-order chi connectivity index (χ0) is 16.8. The van der Waals surface area contributed by atoms with E-state index in [1.165, 1.54) is 12.2 Å². The fraction of sp³-hybridized carbons (Fsp3) is 0.625. The summed E-state index contributed by atoms with van der Waals surface area (Å²) < 4.78 is 10.4. The molecule has 1 aromatic heterocycles. The van der Waals surface area contributed by atoms with E-state index in [1.54, 1.807) is 20.4 Å². The summed E-state index contributed by atoms with van der Waals surface area (Å²) in [4.78, 5) is 8.49. The molecule has 0 spiro atoms. The maximum atomic E-state index is 5.44. The molecule has 1 heterocycles. The number of aliphatic imine (C=N–C) groups is 1. The number of unbranched alkanes of at least 4 members (excludes halogenated alkanes) is 1. The molecular weight excluding hydrogens is 312 g/mol. The molecule has 1 aromatic rings. The Morgan fingerprint density at radius 1 is 1.26 bits per heavy atom. The van der Waals surface area contributed by atoms with Crippen molar-refractivity contribution in [2.24, 2.45) is 4.99 Å². The molecule has 0 aromatic carbocycles. The van der Waals surface area contributed by atoms with Gasteiger partial charge in [-0.3, -0.25) is 4.99 Å². The average Bonchev–Trinajstić information content (AvgIpc) is 2.59. The van der Waals surface area contributed by atoms with E-state index in [0.717, 1.165) is 24.5 Å². The van der Waals surface area contributed by atoms with Gasteiger partial charge in [0, 0.05) is 39.5 Å². The number of hydrogen-bond acceptors (Lipinski definition) is 5. The maximum absolute atomic E-state index is 5.44. The van der Waals surface area contributed by atoms with Crippen LogP contribution in [0.5, 0.6) is 5.88 Å². The van der Waals surface area contributed by atoms with Crippen LogP contribution in [-0.2, 0) is 11.3 Å². The molecule has 0 aliphatic heterocycles. The highest BCUT2D eigenvalue weighted by Gasteiger charge is 2.00. The van der Waals surface area contributed by atoms with Crippen LogP contribution in [0.25, 0.3) is 0 Å². The van der Waals surface area contributed by atoms with Crippen LogP contribution >= 0.6 is 11.8 Å². The van der Waals surface area contributed by atoms with Gasteiger partial charge in [0.15, 0.2) is 5.96 Å². The Kier molecular flexibility index (Phi) is 11.1. The van der Waals surface area contributed by atoms with E-state index in [9.17, 15) is 0 Å². The number of aromatic nitrogens is 1. The van der Waals surface area contributed by atoms with Gasteiger partial charge in [-0.1, -0.05) is 6.07 Å². The molecule has 0 saturated carbocycles. The summed E-state index contributed by atoms with van der Waals surface area (Å²) in [5.41, 5.74) is 1.08. The van der Waals surface area contributed by atoms with Gasteiger partial charge in [-0.2, -0.15) is 11.8 Å². The zero-order valence-corrected chi connectivity index (χ0v) is 15.1. The molecule has 0 aliphatic rings. The first kappa shape index (κ1) is 19.6. The van der Waals surface area contributed by atoms with Crippen LogP contribution in [0.2, 0.25) is 0 Å². The van der Waals surface area contributed by atoms with E-state index in [1.807, 2.05) is 23.9 Å². The summed E-state index contributed by atoms with van der Waals surface area (Å²) in [7, 11) is 3.43. The Morgan fingerprint density at radius 2 is 2.13 bits per heavy atom. The highest BCUT2D eigenvalue weighted by atomic mass is 32.2. The van der Waals surface area contributed by atoms with Crippen molar-refractivity contribution in [1.29, 1.82) is 0 Å². The highest BCUT2D eigenvalue weighted by Crippen LogP contribution is 2.07. The second-order valence-corrected chi connectivity index (χ2v) is 5.88. The third-order valence-corrected chi connectivity index (χ3v) is 3.78. The number of ether oxygens (including phenoxy) is 2. The number of hydrogen-bond donors (Lipinski definition) is 2. The largest absolute Gasteiger partial charge is 0.475 e. The third kappa shape index (κ3) is 9.30. The maximum Gasteiger partial charge on any atom is 0.213 e. The van der Waals surface area contributed by atoms with Crippen LogP contribution < -0.4 is 15.4 Å². The number of nitrogens with one attached hydrogen (secondary N) is 2. The van der Waals surface area contributed by atoms with Crippen LogP contribution in [0.15, 0.2) is 23.3 Å². The molecule has 23 heavy (non-hydrogen) atoms. The van der Waals surface area contributed by atoms with E-state index in [-0.39, 0.29) is 0 Å². The summed E-state index contributed by atoms with van der Waals surface area (Å²) in [5.74, 6) is 2.63. The second kappa shape index (κ2) is 13.0. The first-order chi connectivity index (χ1) is 11.3. The topological polar surface area (TPSA) is 67.8 Å². The Balaban J connectivity index is 2.26. The lowest BCUT2D eigenvalue weighted by Gasteiger charge is -2.12. The molecule has 0 fully saturated rings. The third-order valence-electron chi connectivity index (χ3n) is 3.09. The van der Waals surface area contributed by atoms with Crippen molar-refractivity contribution in [3.8, 4) is 5.88 Å². The van der Waals surface area contributed by atoms with E-state index >= 15 is 0 Å². The quantitative estimate of drug-likeness (QED) is 0.364. The Hall–Kier alpha value is -1.47. The summed E-state index contributed by atoms with van der Waals surface area (Å²) in [6, 6.07) is 3.86. The minimum Gasteiger partial charge on any atom is -0.475 e. The first-order valence-corrected chi connectivity index (χ1v) is 9.19. The van der Waals surface area contributed by atoms with E-state index in [4.69, 9.17) is 9.47 Å². The molecule has 130 valence electrons. The predicted octanol–water partition coefficient (Wildman–Crippen LogP) is 1.91. The standard InChI is InChI=1S/C16H28N4O2S/c1-17-16(18-8-4-5-11-23-3)20-13-14-6-7-15(19-12-14)22-10-9-21-2/h6-7,12H,4-5,8-11,13H2,1-3H3,(H2,17,18,20). The SMILES string of the molecule is CN=C(NCCCCSC)NCc1ccc(OCCOC)nc1. The normalized spacial score (nSPS) is 11.3. The van der Waals surface area contributed by atoms with Gasteiger partial charge < -0.3 is 20.1 Å². The average molecular weight is 340 g/mol. The second-order valence-electron chi connectivity index (χ2n) is 4.90. The van der Waals surface area contributed by atoms with Gasteiger partial charge in [-0.05, 0) is 30.4 Å². The van der Waals surface area contributed by atoms with Crippen molar-refractivity contribution in [2.45, 2.75) is 19.4 Å². The minimum atomic E-state index is 0.508. The van der Waals surface area contributed by atoms with Gasteiger partial charge in [-0.15, -0.1) is 0 Å². The highest BCUT2D eigenvalue weighted by molar-refractivity contribution is 7.98. The van der Waals surface area contributed by atoms with Crippen molar-refractivity contribution in [3.05, 3.63) is 23.9 Å². The van der Waals surface area contributed by atoms with Gasteiger partial charge in [-0.25, -0.2) is 4.98 Å².